The lowest BCUT2D eigenvalue weighted by Gasteiger charge is -2.22. The van der Waals surface area contributed by atoms with E-state index in [1.165, 1.54) is 25.3 Å². The molecule has 1 aliphatic rings. The van der Waals surface area contributed by atoms with Crippen molar-refractivity contribution in [1.29, 1.82) is 0 Å². The lowest BCUT2D eigenvalue weighted by Crippen LogP contribution is -2.40. The van der Waals surface area contributed by atoms with Crippen LogP contribution >= 0.6 is 0 Å². The Kier molecular flexibility index (Phi) is 5.69. The lowest BCUT2D eigenvalue weighted by molar-refractivity contribution is -0.384. The molecule has 0 unspecified atom stereocenters. The molecule has 2 rings (SSSR count). The van der Waals surface area contributed by atoms with Gasteiger partial charge in [0.2, 0.25) is 0 Å². The van der Waals surface area contributed by atoms with Gasteiger partial charge in [0.1, 0.15) is 11.3 Å². The molecule has 9 heteroatoms. The number of rotatable bonds is 4. The second-order valence-electron chi connectivity index (χ2n) is 7.03. The van der Waals surface area contributed by atoms with Crippen molar-refractivity contribution in [3.8, 4) is 0 Å². The zero-order valence-corrected chi connectivity index (χ0v) is 15.3. The Balaban J connectivity index is 2.15. The van der Waals surface area contributed by atoms with Crippen molar-refractivity contribution < 1.29 is 24.0 Å². The number of nitro benzene ring substituents is 1. The molecular formula is C17H23N3O6. The van der Waals surface area contributed by atoms with E-state index in [1.807, 2.05) is 0 Å². The second kappa shape index (κ2) is 7.59. The molecule has 0 bridgehead atoms. The average molecular weight is 365 g/mol. The molecule has 1 fully saturated rings. The maximum absolute atomic E-state index is 11.9. The molecule has 142 valence electrons. The predicted molar refractivity (Wildman–Crippen MR) is 94.4 cm³/mol. The number of nitro groups is 1. The highest BCUT2D eigenvalue weighted by atomic mass is 16.6. The summed E-state index contributed by atoms with van der Waals surface area (Å²) >= 11 is 0. The molecule has 9 nitrogen and oxygen atoms in total. The Morgan fingerprint density at radius 2 is 2.04 bits per heavy atom. The number of hydrogen-bond acceptors (Lipinski definition) is 7. The van der Waals surface area contributed by atoms with Crippen LogP contribution < -0.4 is 10.2 Å². The topological polar surface area (TPSA) is 111 Å². The minimum Gasteiger partial charge on any atom is -0.465 e. The molecule has 1 N–H and O–H groups in total. The van der Waals surface area contributed by atoms with Crippen molar-refractivity contribution in [2.75, 3.05) is 25.1 Å². The van der Waals surface area contributed by atoms with Crippen LogP contribution in [0.15, 0.2) is 18.2 Å². The van der Waals surface area contributed by atoms with E-state index in [1.54, 1.807) is 25.7 Å². The number of carbonyl (C=O) groups is 2. The van der Waals surface area contributed by atoms with Gasteiger partial charge in [-0.05, 0) is 39.3 Å². The fourth-order valence-electron chi connectivity index (χ4n) is 2.75. The van der Waals surface area contributed by atoms with Crippen molar-refractivity contribution >= 4 is 23.4 Å². The van der Waals surface area contributed by atoms with Crippen LogP contribution in [0.4, 0.5) is 16.2 Å². The van der Waals surface area contributed by atoms with E-state index in [9.17, 15) is 19.7 Å². The first-order valence-corrected chi connectivity index (χ1v) is 8.22. The molecule has 0 saturated carbocycles. The molecule has 1 atom stereocenters. The predicted octanol–water partition coefficient (Wildman–Crippen LogP) is 2.48. The molecule has 1 aliphatic heterocycles. The fraction of sp³-hybridized carbons (Fsp3) is 0.529. The van der Waals surface area contributed by atoms with Crippen LogP contribution in [0.25, 0.3) is 0 Å². The molecule has 1 aromatic rings. The van der Waals surface area contributed by atoms with E-state index in [-0.39, 0.29) is 17.3 Å². The highest BCUT2D eigenvalue weighted by Crippen LogP contribution is 2.32. The standard InChI is InChI=1S/C17H23N3O6/c1-17(2,3)26-16(22)18-12-7-8-19(10-12)14-9-11(15(21)25-4)5-6-13(14)20(23)24/h5-6,9,12H,7-8,10H2,1-4H3,(H,18,22)/t12-/m0/s1. The van der Waals surface area contributed by atoms with Crippen LogP contribution in [-0.2, 0) is 9.47 Å². The van der Waals surface area contributed by atoms with E-state index < -0.39 is 22.6 Å². The number of amides is 1. The first-order chi connectivity index (χ1) is 12.1. The van der Waals surface area contributed by atoms with Crippen molar-refractivity contribution in [2.45, 2.75) is 38.8 Å². The van der Waals surface area contributed by atoms with E-state index in [2.05, 4.69) is 10.1 Å². The summed E-state index contributed by atoms with van der Waals surface area (Å²) in [6.07, 6.45) is 0.0842. The third-order valence-electron chi connectivity index (χ3n) is 3.84. The summed E-state index contributed by atoms with van der Waals surface area (Å²) in [5.41, 5.74) is -0.144. The molecule has 1 saturated heterocycles. The Morgan fingerprint density at radius 1 is 1.35 bits per heavy atom. The summed E-state index contributed by atoms with van der Waals surface area (Å²) in [5.74, 6) is -0.566. The van der Waals surface area contributed by atoms with Crippen LogP contribution in [-0.4, -0.2) is 48.8 Å². The van der Waals surface area contributed by atoms with Crippen molar-refractivity contribution in [3.05, 3.63) is 33.9 Å². The van der Waals surface area contributed by atoms with Gasteiger partial charge in [-0.1, -0.05) is 0 Å². The summed E-state index contributed by atoms with van der Waals surface area (Å²) in [5, 5.41) is 14.1. The van der Waals surface area contributed by atoms with Gasteiger partial charge in [-0.2, -0.15) is 0 Å². The first kappa shape index (κ1) is 19.5. The van der Waals surface area contributed by atoms with Gasteiger partial charge in [0, 0.05) is 19.2 Å². The average Bonchev–Trinajstić information content (AvgIpc) is 2.99. The van der Waals surface area contributed by atoms with Crippen LogP contribution in [0.2, 0.25) is 0 Å². The number of anilines is 1. The lowest BCUT2D eigenvalue weighted by atomic mass is 10.1. The zero-order valence-electron chi connectivity index (χ0n) is 15.3. The number of carbonyl (C=O) groups excluding carboxylic acids is 2. The highest BCUT2D eigenvalue weighted by Gasteiger charge is 2.30. The van der Waals surface area contributed by atoms with Crippen LogP contribution in [0.3, 0.4) is 0 Å². The number of methoxy groups -OCH3 is 1. The number of nitrogens with one attached hydrogen (secondary N) is 1. The number of esters is 1. The summed E-state index contributed by atoms with van der Waals surface area (Å²) in [4.78, 5) is 36.2. The smallest absolute Gasteiger partial charge is 0.407 e. The van der Waals surface area contributed by atoms with Gasteiger partial charge in [0.15, 0.2) is 0 Å². The van der Waals surface area contributed by atoms with Crippen molar-refractivity contribution in [2.24, 2.45) is 0 Å². The molecule has 26 heavy (non-hydrogen) atoms. The van der Waals surface area contributed by atoms with Crippen molar-refractivity contribution in [3.63, 3.8) is 0 Å². The molecular weight excluding hydrogens is 342 g/mol. The van der Waals surface area contributed by atoms with Gasteiger partial charge in [-0.25, -0.2) is 9.59 Å². The van der Waals surface area contributed by atoms with Crippen LogP contribution in [0, 0.1) is 10.1 Å². The molecule has 0 aromatic heterocycles. The van der Waals surface area contributed by atoms with E-state index in [0.29, 0.717) is 25.2 Å². The minimum atomic E-state index is -0.601. The minimum absolute atomic E-state index is 0.101. The number of hydrogen-bond donors (Lipinski definition) is 1. The molecule has 1 amide bonds. The molecule has 0 aliphatic carbocycles. The normalized spacial score (nSPS) is 16.9. The molecule has 0 spiro atoms. The van der Waals surface area contributed by atoms with Gasteiger partial charge < -0.3 is 19.7 Å². The van der Waals surface area contributed by atoms with Crippen LogP contribution in [0.1, 0.15) is 37.6 Å². The first-order valence-electron chi connectivity index (χ1n) is 8.22. The number of benzene rings is 1. The maximum Gasteiger partial charge on any atom is 0.407 e. The maximum atomic E-state index is 11.9. The molecule has 1 heterocycles. The fourth-order valence-corrected chi connectivity index (χ4v) is 2.75. The highest BCUT2D eigenvalue weighted by molar-refractivity contribution is 5.91. The number of alkyl carbamates (subject to hydrolysis) is 1. The second-order valence-corrected chi connectivity index (χ2v) is 7.03. The summed E-state index contributed by atoms with van der Waals surface area (Å²) < 4.78 is 9.90. The summed E-state index contributed by atoms with van der Waals surface area (Å²) in [7, 11) is 1.25. The third kappa shape index (κ3) is 4.84. The van der Waals surface area contributed by atoms with Gasteiger partial charge in [-0.3, -0.25) is 10.1 Å². The monoisotopic (exact) mass is 365 g/mol. The molecule has 1 aromatic carbocycles. The van der Waals surface area contributed by atoms with Crippen molar-refractivity contribution in [1.82, 2.24) is 5.32 Å². The number of ether oxygens (including phenoxy) is 2. The Hall–Kier alpha value is -2.84. The van der Waals surface area contributed by atoms with E-state index in [0.717, 1.165) is 0 Å². The summed E-state index contributed by atoms with van der Waals surface area (Å²) in [6.45, 7) is 6.20. The van der Waals surface area contributed by atoms with E-state index in [4.69, 9.17) is 4.74 Å². The number of nitrogens with zero attached hydrogens (tertiary/aromatic N) is 2. The van der Waals surface area contributed by atoms with Gasteiger partial charge in [0.25, 0.3) is 5.69 Å². The van der Waals surface area contributed by atoms with Crippen LogP contribution in [0.5, 0.6) is 0 Å². The quantitative estimate of drug-likeness (QED) is 0.496. The van der Waals surface area contributed by atoms with E-state index >= 15 is 0 Å². The largest absolute Gasteiger partial charge is 0.465 e. The van der Waals surface area contributed by atoms with Gasteiger partial charge in [0.05, 0.1) is 23.6 Å². The summed E-state index contributed by atoms with van der Waals surface area (Å²) in [6, 6.07) is 3.89. The third-order valence-corrected chi connectivity index (χ3v) is 3.84. The van der Waals surface area contributed by atoms with Gasteiger partial charge in [-0.15, -0.1) is 0 Å². The Morgan fingerprint density at radius 3 is 2.62 bits per heavy atom. The Bertz CT molecular complexity index is 713. The SMILES string of the molecule is COC(=O)c1ccc([N+](=O)[O-])c(N2CC[C@H](NC(=O)OC(C)(C)C)C2)c1. The van der Waals surface area contributed by atoms with Gasteiger partial charge >= 0.3 is 12.1 Å². The molecule has 0 radical (unpaired) electrons. The Labute approximate surface area is 151 Å². The zero-order chi connectivity index (χ0) is 19.5.